The smallest absolute Gasteiger partial charge is 0.335 e. The largest absolute Gasteiger partial charge is 0.431 e. The van der Waals surface area contributed by atoms with E-state index in [1.165, 1.54) is 6.07 Å². The molecule has 1 aromatic rings. The lowest BCUT2D eigenvalue weighted by atomic mass is 9.43. The zero-order valence-electron chi connectivity index (χ0n) is 21.9. The fourth-order valence-electron chi connectivity index (χ4n) is 9.50. The SMILES string of the molecule is C[C@]12CC[C@@H](O[C@H]3OC[C@@H](O)[C@H](O)[C@H]3O)C[C@H]1CC[C@@H]1[C@@H]2CC[C@]2(C)C(c3ccc(=O)oc3)CC[C@]12O. The lowest BCUT2D eigenvalue weighted by molar-refractivity contribution is -0.290. The minimum Gasteiger partial charge on any atom is -0.431 e. The molecule has 37 heavy (non-hydrogen) atoms. The summed E-state index contributed by atoms with van der Waals surface area (Å²) in [7, 11) is 0. The molecule has 0 amide bonds. The molecule has 1 saturated heterocycles. The standard InChI is InChI=1S/C29H42O8/c1-27-10-7-18(37-26-25(33)24(32)22(30)15-36-26)13-17(27)4-5-21-20(27)8-11-28(2)19(9-12-29(21,28)34)16-3-6-23(31)35-14-16/h3,6,14,17-22,24-26,30,32-34H,4-5,7-13,15H2,1-2H3/t17-,18-,19?,20+,21-,22-,24+,25-,26-,27+,28-,29+/m1/s1. The van der Waals surface area contributed by atoms with Crippen molar-refractivity contribution in [2.75, 3.05) is 6.61 Å². The molecule has 0 aromatic carbocycles. The first kappa shape index (κ1) is 26.0. The number of fused-ring (bicyclic) bond motifs is 5. The molecule has 1 aromatic heterocycles. The van der Waals surface area contributed by atoms with Crippen molar-refractivity contribution >= 4 is 0 Å². The van der Waals surface area contributed by atoms with Gasteiger partial charge in [0.05, 0.1) is 24.6 Å². The number of hydrogen-bond acceptors (Lipinski definition) is 8. The van der Waals surface area contributed by atoms with E-state index in [4.69, 9.17) is 13.9 Å². The van der Waals surface area contributed by atoms with Gasteiger partial charge >= 0.3 is 5.63 Å². The third kappa shape index (κ3) is 3.89. The fraction of sp³-hybridized carbons (Fsp3) is 0.828. The number of aliphatic hydroxyl groups is 4. The summed E-state index contributed by atoms with van der Waals surface area (Å²) in [5.41, 5.74) is -0.153. The van der Waals surface area contributed by atoms with Crippen molar-refractivity contribution in [3.05, 3.63) is 34.4 Å². The summed E-state index contributed by atoms with van der Waals surface area (Å²) < 4.78 is 16.9. The molecule has 2 heterocycles. The summed E-state index contributed by atoms with van der Waals surface area (Å²) >= 11 is 0. The summed E-state index contributed by atoms with van der Waals surface area (Å²) in [5, 5.41) is 42.5. The first-order chi connectivity index (χ1) is 17.6. The van der Waals surface area contributed by atoms with Gasteiger partial charge in [0, 0.05) is 11.5 Å². The van der Waals surface area contributed by atoms with E-state index in [1.807, 2.05) is 6.07 Å². The normalized spacial score (nSPS) is 51.7. The van der Waals surface area contributed by atoms with Gasteiger partial charge in [0.1, 0.15) is 18.3 Å². The Morgan fingerprint density at radius 2 is 1.76 bits per heavy atom. The van der Waals surface area contributed by atoms with Crippen LogP contribution in [0, 0.1) is 28.6 Å². The van der Waals surface area contributed by atoms with Crippen molar-refractivity contribution in [1.82, 2.24) is 0 Å². The van der Waals surface area contributed by atoms with Crippen LogP contribution in [0.15, 0.2) is 27.6 Å². The zero-order valence-corrected chi connectivity index (χ0v) is 21.9. The van der Waals surface area contributed by atoms with Crippen molar-refractivity contribution in [2.24, 2.45) is 28.6 Å². The molecular weight excluding hydrogens is 476 g/mol. The Morgan fingerprint density at radius 1 is 0.946 bits per heavy atom. The van der Waals surface area contributed by atoms with E-state index in [2.05, 4.69) is 13.8 Å². The lowest BCUT2D eigenvalue weighted by Crippen LogP contribution is -2.62. The van der Waals surface area contributed by atoms with Gasteiger partial charge in [0.2, 0.25) is 0 Å². The molecule has 4 N–H and O–H groups in total. The molecule has 6 rings (SSSR count). The van der Waals surface area contributed by atoms with Crippen LogP contribution in [0.3, 0.4) is 0 Å². The van der Waals surface area contributed by atoms with Crippen LogP contribution in [0.4, 0.5) is 0 Å². The molecule has 5 aliphatic rings. The maximum atomic E-state index is 12.4. The summed E-state index contributed by atoms with van der Waals surface area (Å²) in [6.07, 6.45) is 5.50. The van der Waals surface area contributed by atoms with Crippen LogP contribution in [-0.2, 0) is 9.47 Å². The summed E-state index contributed by atoms with van der Waals surface area (Å²) in [4.78, 5) is 11.5. The van der Waals surface area contributed by atoms with E-state index in [0.29, 0.717) is 11.8 Å². The quantitative estimate of drug-likeness (QED) is 0.450. The number of ether oxygens (including phenoxy) is 2. The minimum atomic E-state index is -1.26. The van der Waals surface area contributed by atoms with Gasteiger partial charge in [-0.2, -0.15) is 0 Å². The highest BCUT2D eigenvalue weighted by atomic mass is 16.7. The van der Waals surface area contributed by atoms with E-state index >= 15 is 0 Å². The number of rotatable bonds is 3. The second kappa shape index (κ2) is 9.14. The Kier molecular flexibility index (Phi) is 6.41. The topological polar surface area (TPSA) is 130 Å². The molecule has 0 radical (unpaired) electrons. The first-order valence-electron chi connectivity index (χ1n) is 14.2. The molecule has 8 nitrogen and oxygen atoms in total. The van der Waals surface area contributed by atoms with E-state index in [0.717, 1.165) is 63.4 Å². The monoisotopic (exact) mass is 518 g/mol. The third-order valence-corrected chi connectivity index (χ3v) is 11.7. The highest BCUT2D eigenvalue weighted by Gasteiger charge is 2.67. The van der Waals surface area contributed by atoms with Crippen LogP contribution in [0.2, 0.25) is 0 Å². The van der Waals surface area contributed by atoms with Crippen LogP contribution >= 0.6 is 0 Å². The molecule has 8 heteroatoms. The summed E-state index contributed by atoms with van der Waals surface area (Å²) in [6, 6.07) is 3.38. The van der Waals surface area contributed by atoms with E-state index in [1.54, 1.807) is 6.26 Å². The molecule has 4 saturated carbocycles. The minimum absolute atomic E-state index is 0.0476. The summed E-state index contributed by atoms with van der Waals surface area (Å²) in [5.74, 6) is 1.36. The Labute approximate surface area is 218 Å². The zero-order chi connectivity index (χ0) is 26.2. The van der Waals surface area contributed by atoms with E-state index in [-0.39, 0.29) is 41.0 Å². The van der Waals surface area contributed by atoms with Gasteiger partial charge in [0.25, 0.3) is 0 Å². The number of aliphatic hydroxyl groups excluding tert-OH is 3. The predicted molar refractivity (Wildman–Crippen MR) is 134 cm³/mol. The first-order valence-corrected chi connectivity index (χ1v) is 14.2. The lowest BCUT2D eigenvalue weighted by Gasteiger charge is -2.63. The maximum Gasteiger partial charge on any atom is 0.335 e. The van der Waals surface area contributed by atoms with Crippen molar-refractivity contribution in [2.45, 2.75) is 114 Å². The Balaban J connectivity index is 1.17. The Bertz CT molecular complexity index is 1040. The van der Waals surface area contributed by atoms with Gasteiger partial charge in [-0.25, -0.2) is 4.79 Å². The average molecular weight is 519 g/mol. The van der Waals surface area contributed by atoms with Crippen LogP contribution in [0.25, 0.3) is 0 Å². The van der Waals surface area contributed by atoms with E-state index in [9.17, 15) is 25.2 Å². The third-order valence-electron chi connectivity index (χ3n) is 11.7. The summed E-state index contributed by atoms with van der Waals surface area (Å²) in [6.45, 7) is 4.63. The molecule has 0 bridgehead atoms. The Morgan fingerprint density at radius 3 is 2.51 bits per heavy atom. The molecule has 12 atom stereocenters. The second-order valence-electron chi connectivity index (χ2n) is 13.1. The molecular formula is C29H42O8. The van der Waals surface area contributed by atoms with Gasteiger partial charge < -0.3 is 34.3 Å². The molecule has 1 unspecified atom stereocenters. The van der Waals surface area contributed by atoms with Crippen molar-refractivity contribution in [3.8, 4) is 0 Å². The second-order valence-corrected chi connectivity index (χ2v) is 13.1. The van der Waals surface area contributed by atoms with Gasteiger partial charge in [-0.05, 0) is 98.5 Å². The van der Waals surface area contributed by atoms with Crippen LogP contribution < -0.4 is 5.63 Å². The fourth-order valence-corrected chi connectivity index (χ4v) is 9.50. The van der Waals surface area contributed by atoms with Gasteiger partial charge in [-0.15, -0.1) is 0 Å². The average Bonchev–Trinajstić information content (AvgIpc) is 3.16. The van der Waals surface area contributed by atoms with Crippen LogP contribution in [0.1, 0.15) is 83.1 Å². The Hall–Kier alpha value is -1.29. The van der Waals surface area contributed by atoms with Crippen molar-refractivity contribution in [1.29, 1.82) is 0 Å². The molecule has 206 valence electrons. The van der Waals surface area contributed by atoms with Gasteiger partial charge in [-0.1, -0.05) is 13.8 Å². The van der Waals surface area contributed by atoms with Gasteiger partial charge in [-0.3, -0.25) is 0 Å². The van der Waals surface area contributed by atoms with Crippen LogP contribution in [-0.4, -0.2) is 63.3 Å². The molecule has 1 aliphatic heterocycles. The van der Waals surface area contributed by atoms with Crippen molar-refractivity contribution in [3.63, 3.8) is 0 Å². The highest BCUT2D eigenvalue weighted by Crippen LogP contribution is 2.70. The van der Waals surface area contributed by atoms with Crippen molar-refractivity contribution < 1.29 is 34.3 Å². The molecule has 5 fully saturated rings. The van der Waals surface area contributed by atoms with Crippen LogP contribution in [0.5, 0.6) is 0 Å². The van der Waals surface area contributed by atoms with E-state index < -0.39 is 30.2 Å². The predicted octanol–water partition coefficient (Wildman–Crippen LogP) is 2.71. The molecule has 4 aliphatic carbocycles. The van der Waals surface area contributed by atoms with Gasteiger partial charge in [0.15, 0.2) is 6.29 Å². The molecule has 0 spiro atoms. The maximum absolute atomic E-state index is 12.4. The highest BCUT2D eigenvalue weighted by molar-refractivity contribution is 5.27. The number of hydrogen-bond donors (Lipinski definition) is 4.